The van der Waals surface area contributed by atoms with Crippen LogP contribution < -0.4 is 10.5 Å². The molecule has 112 valence electrons. The summed E-state index contributed by atoms with van der Waals surface area (Å²) in [6.45, 7) is 1.75. The van der Waals surface area contributed by atoms with Crippen molar-refractivity contribution in [1.82, 2.24) is 0 Å². The molecule has 0 fully saturated rings. The summed E-state index contributed by atoms with van der Waals surface area (Å²) < 4.78 is 53.7. The monoisotopic (exact) mass is 312 g/mol. The van der Waals surface area contributed by atoms with Crippen LogP contribution >= 0.6 is 0 Å². The molecule has 0 aromatic heterocycles. The van der Waals surface area contributed by atoms with Crippen LogP contribution in [-0.2, 0) is 16.6 Å². The summed E-state index contributed by atoms with van der Waals surface area (Å²) in [4.78, 5) is -0.0619. The van der Waals surface area contributed by atoms with E-state index >= 15 is 0 Å². The van der Waals surface area contributed by atoms with Crippen LogP contribution in [-0.4, -0.2) is 8.42 Å². The lowest BCUT2D eigenvalue weighted by Gasteiger charge is -2.12. The lowest BCUT2D eigenvalue weighted by molar-refractivity contribution is 0.582. The van der Waals surface area contributed by atoms with E-state index in [0.29, 0.717) is 11.1 Å². The zero-order valence-corrected chi connectivity index (χ0v) is 12.0. The van der Waals surface area contributed by atoms with Gasteiger partial charge >= 0.3 is 0 Å². The number of para-hydroxylation sites is 1. The van der Waals surface area contributed by atoms with Gasteiger partial charge in [-0.25, -0.2) is 17.2 Å². The predicted octanol–water partition coefficient (Wildman–Crippen LogP) is 2.53. The molecule has 0 atom stereocenters. The van der Waals surface area contributed by atoms with Crippen LogP contribution in [0.1, 0.15) is 11.1 Å². The first-order chi connectivity index (χ1) is 9.85. The van der Waals surface area contributed by atoms with E-state index in [9.17, 15) is 17.2 Å². The van der Waals surface area contributed by atoms with Crippen LogP contribution in [0.3, 0.4) is 0 Å². The Morgan fingerprint density at radius 3 is 2.33 bits per heavy atom. The first-order valence-corrected chi connectivity index (χ1v) is 7.60. The van der Waals surface area contributed by atoms with Gasteiger partial charge in [-0.2, -0.15) is 0 Å². The maximum absolute atomic E-state index is 13.6. The average Bonchev–Trinajstić information content (AvgIpc) is 2.43. The summed E-state index contributed by atoms with van der Waals surface area (Å²) in [7, 11) is -4.11. The number of rotatable bonds is 4. The van der Waals surface area contributed by atoms with Crippen LogP contribution in [0.15, 0.2) is 41.3 Å². The molecule has 0 aliphatic rings. The molecule has 0 radical (unpaired) electrons. The van der Waals surface area contributed by atoms with Gasteiger partial charge in [0.15, 0.2) is 0 Å². The van der Waals surface area contributed by atoms with Gasteiger partial charge in [-0.15, -0.1) is 0 Å². The number of nitrogens with two attached hydrogens (primary N) is 1. The summed E-state index contributed by atoms with van der Waals surface area (Å²) in [6.07, 6.45) is 0. The van der Waals surface area contributed by atoms with Crippen molar-refractivity contribution in [3.8, 4) is 0 Å². The number of sulfonamides is 1. The van der Waals surface area contributed by atoms with Crippen molar-refractivity contribution in [2.45, 2.75) is 18.4 Å². The fourth-order valence-electron chi connectivity index (χ4n) is 1.85. The molecule has 2 aromatic carbocycles. The topological polar surface area (TPSA) is 72.2 Å². The van der Waals surface area contributed by atoms with Gasteiger partial charge in [0.1, 0.15) is 17.3 Å². The number of benzene rings is 2. The summed E-state index contributed by atoms with van der Waals surface area (Å²) in [5, 5.41) is 0. The molecule has 0 saturated carbocycles. The van der Waals surface area contributed by atoms with Gasteiger partial charge in [0.05, 0.1) is 4.90 Å². The van der Waals surface area contributed by atoms with E-state index in [-0.39, 0.29) is 11.4 Å². The van der Waals surface area contributed by atoms with Crippen molar-refractivity contribution in [1.29, 1.82) is 0 Å². The minimum Gasteiger partial charge on any atom is -0.326 e. The highest BCUT2D eigenvalue weighted by Gasteiger charge is 2.21. The Kier molecular flexibility index (Phi) is 4.24. The zero-order valence-electron chi connectivity index (χ0n) is 11.2. The first kappa shape index (κ1) is 15.4. The van der Waals surface area contributed by atoms with Crippen molar-refractivity contribution >= 4 is 15.7 Å². The SMILES string of the molecule is Cc1ccc(CN)cc1S(=O)(=O)Nc1c(F)cccc1F. The lowest BCUT2D eigenvalue weighted by atomic mass is 10.1. The van der Waals surface area contributed by atoms with Crippen LogP contribution in [0.5, 0.6) is 0 Å². The number of halogens is 2. The van der Waals surface area contributed by atoms with E-state index in [0.717, 1.165) is 18.2 Å². The van der Waals surface area contributed by atoms with E-state index < -0.39 is 27.3 Å². The number of hydrogen-bond acceptors (Lipinski definition) is 3. The highest BCUT2D eigenvalue weighted by atomic mass is 32.2. The Morgan fingerprint density at radius 1 is 1.14 bits per heavy atom. The van der Waals surface area contributed by atoms with E-state index in [1.54, 1.807) is 19.1 Å². The smallest absolute Gasteiger partial charge is 0.262 e. The van der Waals surface area contributed by atoms with Crippen molar-refractivity contribution in [3.05, 3.63) is 59.2 Å². The summed E-state index contributed by atoms with van der Waals surface area (Å²) in [5.74, 6) is -1.96. The molecule has 21 heavy (non-hydrogen) atoms. The van der Waals surface area contributed by atoms with Crippen molar-refractivity contribution < 1.29 is 17.2 Å². The third kappa shape index (κ3) is 3.20. The Hall–Kier alpha value is -1.99. The molecule has 0 aliphatic heterocycles. The third-order valence-corrected chi connectivity index (χ3v) is 4.47. The van der Waals surface area contributed by atoms with Crippen LogP contribution in [0, 0.1) is 18.6 Å². The van der Waals surface area contributed by atoms with Crippen molar-refractivity contribution in [2.75, 3.05) is 4.72 Å². The molecule has 0 amide bonds. The fourth-order valence-corrected chi connectivity index (χ4v) is 3.22. The summed E-state index contributed by atoms with van der Waals surface area (Å²) in [6, 6.07) is 7.78. The predicted molar refractivity (Wildman–Crippen MR) is 76.2 cm³/mol. The number of hydrogen-bond donors (Lipinski definition) is 2. The van der Waals surface area contributed by atoms with Gasteiger partial charge in [0.25, 0.3) is 10.0 Å². The van der Waals surface area contributed by atoms with Gasteiger partial charge < -0.3 is 5.73 Å². The normalized spacial score (nSPS) is 11.4. The van der Waals surface area contributed by atoms with Crippen LogP contribution in [0.4, 0.5) is 14.5 Å². The molecular formula is C14H14F2N2O2S. The average molecular weight is 312 g/mol. The lowest BCUT2D eigenvalue weighted by Crippen LogP contribution is -2.17. The van der Waals surface area contributed by atoms with Gasteiger partial charge in [-0.1, -0.05) is 18.2 Å². The maximum atomic E-state index is 13.6. The van der Waals surface area contributed by atoms with Gasteiger partial charge in [-0.05, 0) is 36.2 Å². The van der Waals surface area contributed by atoms with E-state index in [4.69, 9.17) is 5.73 Å². The second-order valence-electron chi connectivity index (χ2n) is 4.51. The van der Waals surface area contributed by atoms with Crippen LogP contribution in [0.2, 0.25) is 0 Å². The molecule has 0 saturated heterocycles. The quantitative estimate of drug-likeness (QED) is 0.911. The van der Waals surface area contributed by atoms with Gasteiger partial charge in [0, 0.05) is 6.54 Å². The third-order valence-electron chi connectivity index (χ3n) is 2.98. The van der Waals surface area contributed by atoms with E-state index in [1.807, 2.05) is 4.72 Å². The summed E-state index contributed by atoms with van der Waals surface area (Å²) in [5.41, 5.74) is 5.84. The molecule has 3 N–H and O–H groups in total. The zero-order chi connectivity index (χ0) is 15.6. The minimum atomic E-state index is -4.11. The molecular weight excluding hydrogens is 298 g/mol. The Bertz CT molecular complexity index is 756. The Balaban J connectivity index is 2.48. The molecule has 0 unspecified atom stereocenters. The minimum absolute atomic E-state index is 0.0619. The number of aryl methyl sites for hydroxylation is 1. The maximum Gasteiger partial charge on any atom is 0.262 e. The van der Waals surface area contributed by atoms with E-state index in [1.165, 1.54) is 6.07 Å². The van der Waals surface area contributed by atoms with Crippen LogP contribution in [0.25, 0.3) is 0 Å². The summed E-state index contributed by atoms with van der Waals surface area (Å²) >= 11 is 0. The standard InChI is InChI=1S/C14H14F2N2O2S/c1-9-5-6-10(8-17)7-13(9)21(19,20)18-14-11(15)3-2-4-12(14)16/h2-7,18H,8,17H2,1H3. The first-order valence-electron chi connectivity index (χ1n) is 6.11. The second kappa shape index (κ2) is 5.79. The van der Waals surface area contributed by atoms with Gasteiger partial charge in [0.2, 0.25) is 0 Å². The molecule has 4 nitrogen and oxygen atoms in total. The van der Waals surface area contributed by atoms with Crippen molar-refractivity contribution in [3.63, 3.8) is 0 Å². The van der Waals surface area contributed by atoms with Gasteiger partial charge in [-0.3, -0.25) is 4.72 Å². The highest BCUT2D eigenvalue weighted by Crippen LogP contribution is 2.24. The highest BCUT2D eigenvalue weighted by molar-refractivity contribution is 7.92. The Labute approximate surface area is 121 Å². The number of anilines is 1. The molecule has 0 bridgehead atoms. The van der Waals surface area contributed by atoms with Crippen molar-refractivity contribution in [2.24, 2.45) is 5.73 Å². The largest absolute Gasteiger partial charge is 0.326 e. The molecule has 0 aliphatic carbocycles. The molecule has 0 spiro atoms. The molecule has 0 heterocycles. The number of nitrogens with one attached hydrogen (secondary N) is 1. The molecule has 2 aromatic rings. The fraction of sp³-hybridized carbons (Fsp3) is 0.143. The second-order valence-corrected chi connectivity index (χ2v) is 6.16. The molecule has 2 rings (SSSR count). The Morgan fingerprint density at radius 2 is 1.76 bits per heavy atom. The molecule has 7 heteroatoms. The van der Waals surface area contributed by atoms with E-state index in [2.05, 4.69) is 0 Å².